The summed E-state index contributed by atoms with van der Waals surface area (Å²) in [6, 6.07) is 1.74. The molecule has 1 amide bonds. The molecule has 18 heteroatoms. The lowest BCUT2D eigenvalue weighted by Crippen LogP contribution is -2.48. The molecule has 2 aliphatic heterocycles. The molecule has 0 N–H and O–H groups in total. The van der Waals surface area contributed by atoms with E-state index in [0.717, 1.165) is 40.4 Å². The quantitative estimate of drug-likeness (QED) is 0.0727. The van der Waals surface area contributed by atoms with E-state index in [-0.39, 0.29) is 47.5 Å². The van der Waals surface area contributed by atoms with Crippen molar-refractivity contribution in [1.82, 2.24) is 24.5 Å². The molecule has 2 aliphatic rings. The van der Waals surface area contributed by atoms with Gasteiger partial charge in [-0.3, -0.25) is 0 Å². The van der Waals surface area contributed by atoms with Crippen LogP contribution in [0.25, 0.3) is 16.1 Å². The third-order valence-electron chi connectivity index (χ3n) is 11.7. The number of carbonyl (C=O) groups excluding carboxylic acids is 1. The Morgan fingerprint density at radius 3 is 1.95 bits per heavy atom. The Labute approximate surface area is 361 Å². The Hall–Kier alpha value is -2.20. The van der Waals surface area contributed by atoms with Crippen LogP contribution >= 0.6 is 11.3 Å². The standard InChI is InChI=1S/C41H72N6O7S2Si3/c1-40(2,3)54-39(48)46-30-16-17-31(46)23-29(22-30)35-36(56(7,49)50)38(45(27-51-18-20-57(8,9)10)28-52-19-21-58(11,12)13)47-37(44-35)32(24-43-47)33-25-42-34(55-33)26-53-59(14,15)41(4,5)6/h24-25,29-31H,16-23,26-28H2,1-15H3/t29-,30+,31-. The maximum absolute atomic E-state index is 14.3. The van der Waals surface area contributed by atoms with Gasteiger partial charge in [-0.05, 0) is 76.7 Å². The smallest absolute Gasteiger partial charge is 0.410 e. The van der Waals surface area contributed by atoms with Gasteiger partial charge in [0.2, 0.25) is 0 Å². The van der Waals surface area contributed by atoms with Crippen LogP contribution in [-0.4, -0.2) is 114 Å². The molecule has 0 unspecified atom stereocenters. The molecule has 0 aromatic carbocycles. The van der Waals surface area contributed by atoms with E-state index < -0.39 is 39.9 Å². The van der Waals surface area contributed by atoms with Crippen molar-refractivity contribution < 1.29 is 31.8 Å². The third kappa shape index (κ3) is 12.3. The van der Waals surface area contributed by atoms with Gasteiger partial charge in [-0.1, -0.05) is 60.1 Å². The summed E-state index contributed by atoms with van der Waals surface area (Å²) >= 11 is 1.54. The van der Waals surface area contributed by atoms with E-state index in [2.05, 4.69) is 73.1 Å². The van der Waals surface area contributed by atoms with Gasteiger partial charge >= 0.3 is 6.09 Å². The first-order valence-electron chi connectivity index (χ1n) is 21.2. The summed E-state index contributed by atoms with van der Waals surface area (Å²) in [4.78, 5) is 28.3. The van der Waals surface area contributed by atoms with E-state index >= 15 is 0 Å². The van der Waals surface area contributed by atoms with Gasteiger partial charge < -0.3 is 28.4 Å². The molecule has 2 fully saturated rings. The Balaban J connectivity index is 1.64. The molecule has 13 nitrogen and oxygen atoms in total. The number of hydrogen-bond acceptors (Lipinski definition) is 12. The number of thiazole rings is 1. The van der Waals surface area contributed by atoms with Crippen LogP contribution in [0, 0.1) is 0 Å². The highest BCUT2D eigenvalue weighted by Crippen LogP contribution is 2.47. The molecule has 3 aromatic rings. The zero-order valence-electron chi connectivity index (χ0n) is 38.5. The van der Waals surface area contributed by atoms with Crippen LogP contribution in [-0.2, 0) is 35.1 Å². The number of anilines is 1. The number of nitrogens with zero attached hydrogens (tertiary/aromatic N) is 6. The predicted octanol–water partition coefficient (Wildman–Crippen LogP) is 9.85. The summed E-state index contributed by atoms with van der Waals surface area (Å²) < 4.78 is 55.4. The fourth-order valence-corrected chi connectivity index (χ4v) is 11.8. The van der Waals surface area contributed by atoms with Gasteiger partial charge in [0.25, 0.3) is 0 Å². The Bertz CT molecular complexity index is 2010. The number of fused-ring (bicyclic) bond motifs is 3. The van der Waals surface area contributed by atoms with Crippen molar-refractivity contribution in [2.24, 2.45) is 0 Å². The van der Waals surface area contributed by atoms with Crippen molar-refractivity contribution in [2.75, 3.05) is 37.8 Å². The van der Waals surface area contributed by atoms with Gasteiger partial charge in [-0.2, -0.15) is 9.61 Å². The van der Waals surface area contributed by atoms with Crippen LogP contribution in [0.2, 0.25) is 69.5 Å². The van der Waals surface area contributed by atoms with Crippen LogP contribution in [0.5, 0.6) is 0 Å². The second-order valence-corrected chi connectivity index (χ2v) is 40.7. The van der Waals surface area contributed by atoms with Crippen LogP contribution in [0.1, 0.15) is 83.8 Å². The van der Waals surface area contributed by atoms with Crippen LogP contribution in [0.4, 0.5) is 10.6 Å². The van der Waals surface area contributed by atoms with Gasteiger partial charge in [-0.25, -0.2) is 23.2 Å². The summed E-state index contributed by atoms with van der Waals surface area (Å²) in [7, 11) is -8.74. The number of rotatable bonds is 17. The number of aromatic nitrogens is 4. The van der Waals surface area contributed by atoms with E-state index in [1.165, 1.54) is 6.26 Å². The maximum atomic E-state index is 14.3. The molecule has 2 saturated heterocycles. The molecule has 0 saturated carbocycles. The summed E-state index contributed by atoms with van der Waals surface area (Å²) in [5.74, 6) is 0.146. The summed E-state index contributed by atoms with van der Waals surface area (Å²) in [6.07, 6.45) is 7.33. The average Bonchev–Trinajstić information content (AvgIpc) is 3.79. The lowest BCUT2D eigenvalue weighted by atomic mass is 9.88. The number of sulfone groups is 1. The fraction of sp³-hybridized carbons (Fsp3) is 0.756. The zero-order chi connectivity index (χ0) is 43.9. The van der Waals surface area contributed by atoms with Crippen molar-refractivity contribution in [3.63, 3.8) is 0 Å². The molecule has 3 atom stereocenters. The SMILES string of the molecule is CC(C)(C)OC(=O)N1[C@@H]2CC[C@H]1C[C@@H](c1nc3c(-c4cnc(CO[Si](C)(C)C(C)(C)C)s4)cnn3c(N(COCC[Si](C)(C)C)COCC[Si](C)(C)C)c1S(C)(=O)=O)C2. The molecule has 5 rings (SSSR count). The summed E-state index contributed by atoms with van der Waals surface area (Å²) in [5.41, 5.74) is 1.18. The molecular formula is C41H72N6O7S2Si3. The van der Waals surface area contributed by atoms with Crippen molar-refractivity contribution >= 4 is 63.2 Å². The zero-order valence-corrected chi connectivity index (χ0v) is 43.2. The monoisotopic (exact) mass is 908 g/mol. The number of hydrogen-bond donors (Lipinski definition) is 0. The molecular weight excluding hydrogens is 837 g/mol. The molecule has 2 bridgehead atoms. The van der Waals surface area contributed by atoms with Crippen molar-refractivity contribution in [1.29, 1.82) is 0 Å². The maximum Gasteiger partial charge on any atom is 0.410 e. The van der Waals surface area contributed by atoms with E-state index in [1.807, 2.05) is 36.8 Å². The lowest BCUT2D eigenvalue weighted by Gasteiger charge is -2.40. The minimum atomic E-state index is -3.90. The molecule has 332 valence electrons. The normalized spacial score (nSPS) is 19.5. The minimum absolute atomic E-state index is 0.0643. The topological polar surface area (TPSA) is 138 Å². The molecule has 3 aromatic heterocycles. The largest absolute Gasteiger partial charge is 0.444 e. The lowest BCUT2D eigenvalue weighted by molar-refractivity contribution is 0.00557. The van der Waals surface area contributed by atoms with E-state index in [0.29, 0.717) is 49.8 Å². The van der Waals surface area contributed by atoms with E-state index in [4.69, 9.17) is 33.7 Å². The van der Waals surface area contributed by atoms with Gasteiger partial charge in [-0.15, -0.1) is 11.3 Å². The van der Waals surface area contributed by atoms with Crippen LogP contribution in [0.3, 0.4) is 0 Å². The molecule has 0 spiro atoms. The van der Waals surface area contributed by atoms with Gasteiger partial charge in [0.1, 0.15) is 29.0 Å². The summed E-state index contributed by atoms with van der Waals surface area (Å²) in [5, 5.41) is 5.81. The highest BCUT2D eigenvalue weighted by Gasteiger charge is 2.47. The number of ether oxygens (including phenoxy) is 3. The molecule has 0 radical (unpaired) electrons. The average molecular weight is 909 g/mol. The molecule has 5 heterocycles. The van der Waals surface area contributed by atoms with Crippen molar-refractivity contribution in [2.45, 2.75) is 172 Å². The van der Waals surface area contributed by atoms with Gasteiger partial charge in [0, 0.05) is 59.8 Å². The highest BCUT2D eigenvalue weighted by molar-refractivity contribution is 7.91. The van der Waals surface area contributed by atoms with Crippen molar-refractivity contribution in [3.05, 3.63) is 23.1 Å². The first kappa shape index (κ1) is 47.8. The van der Waals surface area contributed by atoms with Crippen LogP contribution < -0.4 is 4.90 Å². The number of amides is 1. The second-order valence-electron chi connectivity index (χ2n) is 21.6. The van der Waals surface area contributed by atoms with Gasteiger partial charge in [0.15, 0.2) is 29.6 Å². The highest BCUT2D eigenvalue weighted by atomic mass is 32.2. The predicted molar refractivity (Wildman–Crippen MR) is 246 cm³/mol. The minimum Gasteiger partial charge on any atom is -0.444 e. The first-order valence-corrected chi connectivity index (χ1v) is 34.2. The first-order chi connectivity index (χ1) is 27.0. The number of carbonyl (C=O) groups is 1. The second kappa shape index (κ2) is 17.9. The van der Waals surface area contributed by atoms with Crippen LogP contribution in [0.15, 0.2) is 17.3 Å². The van der Waals surface area contributed by atoms with Crippen molar-refractivity contribution in [3.8, 4) is 10.4 Å². The number of piperidine rings is 1. The summed E-state index contributed by atoms with van der Waals surface area (Å²) in [6.45, 7) is 32.4. The van der Waals surface area contributed by atoms with E-state index in [1.54, 1.807) is 22.0 Å². The molecule has 59 heavy (non-hydrogen) atoms. The van der Waals surface area contributed by atoms with E-state index in [9.17, 15) is 13.2 Å². The third-order valence-corrected chi connectivity index (χ3v) is 21.7. The Morgan fingerprint density at radius 1 is 0.898 bits per heavy atom. The Morgan fingerprint density at radius 2 is 1.46 bits per heavy atom. The Kier molecular flexibility index (Phi) is 14.5. The molecule has 0 aliphatic carbocycles. The van der Waals surface area contributed by atoms with Gasteiger partial charge in [0.05, 0.1) is 28.9 Å². The fourth-order valence-electron chi connectivity index (χ4n) is 7.30.